The molecule has 2 atom stereocenters. The summed E-state index contributed by atoms with van der Waals surface area (Å²) in [7, 11) is 1.98. The Morgan fingerprint density at radius 1 is 1.26 bits per heavy atom. The van der Waals surface area contributed by atoms with E-state index in [1.807, 2.05) is 43.2 Å². The molecule has 27 heavy (non-hydrogen) atoms. The number of hydrazone groups is 1. The lowest BCUT2D eigenvalue weighted by molar-refractivity contribution is 0.0894. The fraction of sp³-hybridized carbons (Fsp3) is 0.474. The molecule has 0 amide bonds. The first-order valence-corrected chi connectivity index (χ1v) is 9.95. The van der Waals surface area contributed by atoms with E-state index in [2.05, 4.69) is 40.8 Å². The fourth-order valence-corrected chi connectivity index (χ4v) is 4.30. The summed E-state index contributed by atoms with van der Waals surface area (Å²) in [5.41, 5.74) is 1.78. The number of fused-ring (bicyclic) bond motifs is 1. The minimum atomic E-state index is 0.0682. The van der Waals surface area contributed by atoms with Crippen molar-refractivity contribution in [3.63, 3.8) is 0 Å². The van der Waals surface area contributed by atoms with Crippen molar-refractivity contribution in [2.75, 3.05) is 39.8 Å². The Hall–Kier alpha value is -2.06. The van der Waals surface area contributed by atoms with Gasteiger partial charge in [0.2, 0.25) is 0 Å². The highest BCUT2D eigenvalue weighted by molar-refractivity contribution is 9.10. The van der Waals surface area contributed by atoms with E-state index in [0.29, 0.717) is 6.54 Å². The van der Waals surface area contributed by atoms with Gasteiger partial charge in [0.1, 0.15) is 24.3 Å². The van der Waals surface area contributed by atoms with Gasteiger partial charge in [-0.1, -0.05) is 28.1 Å². The van der Waals surface area contributed by atoms with Crippen molar-refractivity contribution < 1.29 is 4.79 Å². The highest BCUT2D eigenvalue weighted by Crippen LogP contribution is 2.23. The zero-order valence-corrected chi connectivity index (χ0v) is 17.1. The number of hydrogen-bond acceptors (Lipinski definition) is 7. The molecule has 0 N–H and O–H groups in total. The minimum absolute atomic E-state index is 0.0682. The lowest BCUT2D eigenvalue weighted by Gasteiger charge is -2.40. The number of nitrogens with zero attached hydrogens (tertiary/aromatic N) is 6. The summed E-state index contributed by atoms with van der Waals surface area (Å²) in [5, 5.41) is 6.51. The Morgan fingerprint density at radius 2 is 2.04 bits per heavy atom. The quantitative estimate of drug-likeness (QED) is 0.685. The molecule has 1 saturated heterocycles. The smallest absolute Gasteiger partial charge is 0.176 e. The maximum atomic E-state index is 12.5. The van der Waals surface area contributed by atoms with Crippen molar-refractivity contribution in [1.29, 1.82) is 0 Å². The molecule has 3 aliphatic heterocycles. The molecule has 0 radical (unpaired) electrons. The van der Waals surface area contributed by atoms with Crippen molar-refractivity contribution in [3.05, 3.63) is 34.3 Å². The SMILES string of the molecule is CC1=NN(C)[C@H]2C(N3CCN(CC(=O)c4cccc(Br)c4)CC3)=NC=N[C@H]12. The van der Waals surface area contributed by atoms with Gasteiger partial charge in [-0.15, -0.1) is 0 Å². The van der Waals surface area contributed by atoms with Crippen LogP contribution in [0.25, 0.3) is 0 Å². The summed E-state index contributed by atoms with van der Waals surface area (Å²) in [5.74, 6) is 1.20. The number of piperazine rings is 1. The van der Waals surface area contributed by atoms with Crippen LogP contribution in [-0.4, -0.2) is 90.3 Å². The third kappa shape index (κ3) is 3.68. The molecule has 3 heterocycles. The molecule has 0 aromatic heterocycles. The van der Waals surface area contributed by atoms with Crippen molar-refractivity contribution in [3.8, 4) is 0 Å². The number of likely N-dealkylation sites (N-methyl/N-ethyl adjacent to an activating group) is 1. The summed E-state index contributed by atoms with van der Waals surface area (Å²) in [6, 6.07) is 7.74. The predicted octanol–water partition coefficient (Wildman–Crippen LogP) is 1.75. The molecule has 1 fully saturated rings. The van der Waals surface area contributed by atoms with Crippen molar-refractivity contribution in [1.82, 2.24) is 14.8 Å². The lowest BCUT2D eigenvalue weighted by Crippen LogP contribution is -2.56. The standard InChI is InChI=1S/C19H23BrN6O/c1-13-17-18(24(2)23-13)19(22-12-21-17)26-8-6-25(7-9-26)11-16(27)14-4-3-5-15(20)10-14/h3-5,10,12,17-18H,6-9,11H2,1-2H3/t17-,18-/m1/s1. The summed E-state index contributed by atoms with van der Waals surface area (Å²) in [6.07, 6.45) is 1.66. The summed E-state index contributed by atoms with van der Waals surface area (Å²) < 4.78 is 0.933. The predicted molar refractivity (Wildman–Crippen MR) is 111 cm³/mol. The average molecular weight is 431 g/mol. The fourth-order valence-electron chi connectivity index (χ4n) is 3.90. The molecule has 4 rings (SSSR count). The number of Topliss-reactive ketones (excluding diaryl/α,β-unsaturated/α-hetero) is 1. The summed E-state index contributed by atoms with van der Waals surface area (Å²) in [4.78, 5) is 26.1. The van der Waals surface area contributed by atoms with Crippen LogP contribution in [0.1, 0.15) is 17.3 Å². The van der Waals surface area contributed by atoms with Crippen LogP contribution < -0.4 is 0 Å². The maximum absolute atomic E-state index is 12.5. The largest absolute Gasteiger partial charge is 0.356 e. The van der Waals surface area contributed by atoms with E-state index in [9.17, 15) is 4.79 Å². The van der Waals surface area contributed by atoms with Crippen LogP contribution in [0.4, 0.5) is 0 Å². The maximum Gasteiger partial charge on any atom is 0.176 e. The number of benzene rings is 1. The van der Waals surface area contributed by atoms with E-state index >= 15 is 0 Å². The van der Waals surface area contributed by atoms with Gasteiger partial charge in [0.25, 0.3) is 0 Å². The normalized spacial score (nSPS) is 25.3. The zero-order valence-electron chi connectivity index (χ0n) is 15.5. The van der Waals surface area contributed by atoms with Crippen LogP contribution in [0.3, 0.4) is 0 Å². The van der Waals surface area contributed by atoms with Crippen LogP contribution in [0, 0.1) is 0 Å². The number of halogens is 1. The van der Waals surface area contributed by atoms with E-state index in [4.69, 9.17) is 0 Å². The number of carbonyl (C=O) groups excluding carboxylic acids is 1. The van der Waals surface area contributed by atoms with Crippen molar-refractivity contribution >= 4 is 39.6 Å². The molecular weight excluding hydrogens is 408 g/mol. The summed E-state index contributed by atoms with van der Waals surface area (Å²) in [6.45, 7) is 5.87. The Balaban J connectivity index is 1.36. The lowest BCUT2D eigenvalue weighted by atomic mass is 10.0. The van der Waals surface area contributed by atoms with E-state index in [0.717, 1.165) is 47.8 Å². The Labute approximate surface area is 167 Å². The molecule has 0 saturated carbocycles. The van der Waals surface area contributed by atoms with Gasteiger partial charge in [-0.25, -0.2) is 4.99 Å². The first-order chi connectivity index (χ1) is 13.0. The van der Waals surface area contributed by atoms with Crippen LogP contribution in [0.15, 0.2) is 43.8 Å². The number of aliphatic imine (C=N–C) groups is 2. The van der Waals surface area contributed by atoms with E-state index in [-0.39, 0.29) is 17.9 Å². The van der Waals surface area contributed by atoms with Crippen molar-refractivity contribution in [2.24, 2.45) is 15.1 Å². The van der Waals surface area contributed by atoms with Crippen LogP contribution in [0.2, 0.25) is 0 Å². The van der Waals surface area contributed by atoms with Gasteiger partial charge in [-0.05, 0) is 19.1 Å². The first kappa shape index (κ1) is 18.3. The van der Waals surface area contributed by atoms with E-state index in [1.165, 1.54) is 0 Å². The molecule has 3 aliphatic rings. The van der Waals surface area contributed by atoms with Gasteiger partial charge < -0.3 is 4.90 Å². The first-order valence-electron chi connectivity index (χ1n) is 9.16. The highest BCUT2D eigenvalue weighted by Gasteiger charge is 2.41. The number of rotatable bonds is 3. The average Bonchev–Trinajstić information content (AvgIpc) is 2.97. The molecule has 7 nitrogen and oxygen atoms in total. The van der Waals surface area contributed by atoms with Gasteiger partial charge in [-0.2, -0.15) is 5.10 Å². The van der Waals surface area contributed by atoms with Crippen LogP contribution in [-0.2, 0) is 0 Å². The Bertz CT molecular complexity index is 827. The van der Waals surface area contributed by atoms with E-state index in [1.54, 1.807) is 6.34 Å². The topological polar surface area (TPSA) is 63.9 Å². The number of hydrogen-bond donors (Lipinski definition) is 0. The molecule has 1 aromatic carbocycles. The minimum Gasteiger partial charge on any atom is -0.356 e. The van der Waals surface area contributed by atoms with Gasteiger partial charge in [-0.3, -0.25) is 19.7 Å². The molecular formula is C19H23BrN6O. The molecule has 0 bridgehead atoms. The summed E-state index contributed by atoms with van der Waals surface area (Å²) >= 11 is 3.43. The molecule has 8 heteroatoms. The highest BCUT2D eigenvalue weighted by atomic mass is 79.9. The van der Waals surface area contributed by atoms with Gasteiger partial charge >= 0.3 is 0 Å². The van der Waals surface area contributed by atoms with E-state index < -0.39 is 0 Å². The third-order valence-corrected chi connectivity index (χ3v) is 5.83. The molecule has 0 aliphatic carbocycles. The molecule has 0 unspecified atom stereocenters. The molecule has 0 spiro atoms. The Kier molecular flexibility index (Phi) is 5.10. The second-order valence-corrected chi connectivity index (χ2v) is 8.07. The van der Waals surface area contributed by atoms with Gasteiger partial charge in [0.05, 0.1) is 12.3 Å². The van der Waals surface area contributed by atoms with Gasteiger partial charge in [0.15, 0.2) is 5.78 Å². The van der Waals surface area contributed by atoms with Crippen molar-refractivity contribution in [2.45, 2.75) is 19.0 Å². The third-order valence-electron chi connectivity index (χ3n) is 5.34. The monoisotopic (exact) mass is 430 g/mol. The zero-order chi connectivity index (χ0) is 19.0. The Morgan fingerprint density at radius 3 is 2.78 bits per heavy atom. The van der Waals surface area contributed by atoms with Gasteiger partial charge in [0, 0.05) is 43.3 Å². The number of carbonyl (C=O) groups is 1. The molecule has 142 valence electrons. The number of amidine groups is 1. The second kappa shape index (κ2) is 7.52. The van der Waals surface area contributed by atoms with Crippen LogP contribution in [0.5, 0.6) is 0 Å². The number of ketones is 1. The second-order valence-electron chi connectivity index (χ2n) is 7.15. The van der Waals surface area contributed by atoms with Crippen LogP contribution >= 0.6 is 15.9 Å². The molecule has 1 aromatic rings.